The van der Waals surface area contributed by atoms with E-state index in [0.29, 0.717) is 5.56 Å². The smallest absolute Gasteiger partial charge is 0.100 e. The average Bonchev–Trinajstić information content (AvgIpc) is 3.69. The molecule has 6 aromatic carbocycles. The van der Waals surface area contributed by atoms with Crippen LogP contribution in [0.2, 0.25) is 0 Å². The van der Waals surface area contributed by atoms with Crippen LogP contribution in [0.3, 0.4) is 0 Å². The summed E-state index contributed by atoms with van der Waals surface area (Å²) in [5, 5.41) is 14.1. The monoisotopic (exact) mass is 600 g/mol. The van der Waals surface area contributed by atoms with Gasteiger partial charge in [-0.05, 0) is 83.0 Å². The number of benzene rings is 6. The molecule has 0 saturated carbocycles. The predicted octanol–water partition coefficient (Wildman–Crippen LogP) is 9.25. The van der Waals surface area contributed by atoms with E-state index in [1.54, 1.807) is 0 Å². The van der Waals surface area contributed by atoms with Gasteiger partial charge in [-0.3, -0.25) is 0 Å². The Morgan fingerprint density at radius 1 is 0.489 bits per heavy atom. The van der Waals surface area contributed by atoms with E-state index < -0.39 is 10.8 Å². The van der Waals surface area contributed by atoms with Gasteiger partial charge < -0.3 is 4.90 Å². The number of hydrogen-bond acceptors (Lipinski definition) is 2. The molecule has 1 saturated heterocycles. The number of fused-ring (bicyclic) bond motifs is 3. The Labute approximate surface area is 276 Å². The summed E-state index contributed by atoms with van der Waals surface area (Å²) in [6, 6.07) is 45.4. The maximum absolute atomic E-state index is 10.2. The molecule has 0 N–H and O–H groups in total. The van der Waals surface area contributed by atoms with E-state index in [1.165, 1.54) is 40.8 Å². The van der Waals surface area contributed by atoms with E-state index in [4.69, 9.17) is 0 Å². The van der Waals surface area contributed by atoms with Crippen molar-refractivity contribution in [3.05, 3.63) is 160 Å². The van der Waals surface area contributed by atoms with Crippen LogP contribution in [0.1, 0.15) is 64.6 Å². The van der Waals surface area contributed by atoms with Crippen LogP contribution in [0.4, 0.5) is 5.69 Å². The Hall–Kier alpha value is -5.75. The molecule has 0 amide bonds. The Bertz CT molecular complexity index is 2290. The third-order valence-electron chi connectivity index (χ3n) is 10.8. The quantitative estimate of drug-likeness (QED) is 0.139. The molecule has 2 bridgehead atoms. The van der Waals surface area contributed by atoms with Gasteiger partial charge >= 0.3 is 0 Å². The lowest BCUT2D eigenvalue weighted by molar-refractivity contribution is 0.399. The van der Waals surface area contributed by atoms with Gasteiger partial charge in [0.05, 0.1) is 16.4 Å². The van der Waals surface area contributed by atoms with Gasteiger partial charge in [0.1, 0.15) is 6.07 Å². The van der Waals surface area contributed by atoms with Crippen LogP contribution >= 0.6 is 0 Å². The topological polar surface area (TPSA) is 27.0 Å². The lowest BCUT2D eigenvalue weighted by Crippen LogP contribution is -2.48. The fourth-order valence-electron chi connectivity index (χ4n) is 8.52. The van der Waals surface area contributed by atoms with Crippen molar-refractivity contribution >= 4 is 27.2 Å². The highest BCUT2D eigenvalue weighted by Gasteiger charge is 2.54. The minimum absolute atomic E-state index is 0.391. The van der Waals surface area contributed by atoms with Gasteiger partial charge in [-0.1, -0.05) is 121 Å². The maximum atomic E-state index is 10.2. The molecule has 0 radical (unpaired) electrons. The number of hydrogen-bond donors (Lipinski definition) is 0. The van der Waals surface area contributed by atoms with Crippen LogP contribution in [0.15, 0.2) is 121 Å². The van der Waals surface area contributed by atoms with Gasteiger partial charge in [0.15, 0.2) is 0 Å². The van der Waals surface area contributed by atoms with Crippen LogP contribution in [-0.2, 0) is 10.8 Å². The van der Waals surface area contributed by atoms with Crippen molar-refractivity contribution in [1.82, 2.24) is 0 Å². The first-order chi connectivity index (χ1) is 23.2. The Morgan fingerprint density at radius 2 is 0.915 bits per heavy atom. The zero-order valence-electron chi connectivity index (χ0n) is 26.2. The van der Waals surface area contributed by atoms with Gasteiger partial charge in [0, 0.05) is 40.7 Å². The molecule has 0 spiro atoms. The minimum atomic E-state index is -0.454. The van der Waals surface area contributed by atoms with Crippen molar-refractivity contribution in [2.24, 2.45) is 0 Å². The van der Waals surface area contributed by atoms with Crippen molar-refractivity contribution in [3.63, 3.8) is 0 Å². The summed E-state index contributed by atoms with van der Waals surface area (Å²) in [7, 11) is 0. The molecule has 47 heavy (non-hydrogen) atoms. The summed E-state index contributed by atoms with van der Waals surface area (Å²) in [5.74, 6) is 15.1. The summed E-state index contributed by atoms with van der Waals surface area (Å²) in [4.78, 5) is 2.47. The van der Waals surface area contributed by atoms with Gasteiger partial charge in [0.2, 0.25) is 0 Å². The van der Waals surface area contributed by atoms with E-state index in [0.717, 1.165) is 58.6 Å². The summed E-state index contributed by atoms with van der Waals surface area (Å²) >= 11 is 0. The van der Waals surface area contributed by atoms with Crippen molar-refractivity contribution in [2.45, 2.75) is 36.5 Å². The van der Waals surface area contributed by atoms with E-state index in [9.17, 15) is 5.26 Å². The highest BCUT2D eigenvalue weighted by molar-refractivity contribution is 6.09. The van der Waals surface area contributed by atoms with Gasteiger partial charge in [-0.2, -0.15) is 5.26 Å². The lowest BCUT2D eigenvalue weighted by atomic mass is 9.49. The van der Waals surface area contributed by atoms with Crippen LogP contribution < -0.4 is 4.90 Å². The Balaban J connectivity index is 1.22. The molecule has 1 fully saturated rings. The van der Waals surface area contributed by atoms with Crippen LogP contribution in [0.25, 0.3) is 21.5 Å². The molecule has 222 valence electrons. The molecule has 0 unspecified atom stereocenters. The first-order valence-electron chi connectivity index (χ1n) is 16.7. The van der Waals surface area contributed by atoms with Crippen LogP contribution in [0.5, 0.6) is 0 Å². The van der Waals surface area contributed by atoms with Crippen molar-refractivity contribution in [3.8, 4) is 29.8 Å². The maximum Gasteiger partial charge on any atom is 0.100 e. The first kappa shape index (κ1) is 27.6. The van der Waals surface area contributed by atoms with Crippen LogP contribution in [0, 0.1) is 35.0 Å². The number of nitriles is 1. The largest absolute Gasteiger partial charge is 0.372 e. The summed E-state index contributed by atoms with van der Waals surface area (Å²) in [6.45, 7) is 2.29. The highest BCUT2D eigenvalue weighted by Crippen LogP contribution is 2.59. The summed E-state index contributed by atoms with van der Waals surface area (Å²) in [6.07, 6.45) is 4.34. The molecule has 1 heterocycles. The third-order valence-corrected chi connectivity index (χ3v) is 10.8. The van der Waals surface area contributed by atoms with Gasteiger partial charge in [0.25, 0.3) is 0 Å². The van der Waals surface area contributed by atoms with Crippen LogP contribution in [-0.4, -0.2) is 13.1 Å². The molecular weight excluding hydrogens is 569 g/mol. The first-order valence-corrected chi connectivity index (χ1v) is 16.7. The van der Waals surface area contributed by atoms with Gasteiger partial charge in [-0.25, -0.2) is 0 Å². The van der Waals surface area contributed by atoms with Crippen molar-refractivity contribution in [1.29, 1.82) is 5.26 Å². The molecule has 2 nitrogen and oxygen atoms in total. The van der Waals surface area contributed by atoms with Crippen molar-refractivity contribution in [2.75, 3.05) is 18.0 Å². The highest BCUT2D eigenvalue weighted by atomic mass is 15.1. The molecule has 3 aliphatic carbocycles. The zero-order chi connectivity index (χ0) is 31.4. The Kier molecular flexibility index (Phi) is 6.25. The molecule has 4 aliphatic rings. The van der Waals surface area contributed by atoms with E-state index in [1.807, 2.05) is 36.4 Å². The fourth-order valence-corrected chi connectivity index (χ4v) is 8.52. The normalized spacial score (nSPS) is 20.4. The zero-order valence-corrected chi connectivity index (χ0v) is 26.2. The van der Waals surface area contributed by atoms with Gasteiger partial charge in [-0.15, -0.1) is 0 Å². The number of anilines is 1. The third kappa shape index (κ3) is 4.07. The minimum Gasteiger partial charge on any atom is -0.372 e. The second-order valence-corrected chi connectivity index (χ2v) is 13.1. The summed E-state index contributed by atoms with van der Waals surface area (Å²) in [5.41, 5.74) is 8.27. The Morgan fingerprint density at radius 3 is 1.38 bits per heavy atom. The standard InChI is InChI=1S/C45H32N2/c46-31-39-36-13-3-1-11-34(36)38(35-12-2-4-14-37(35)39)24-26-45-28-27-44(40-15-5-7-17-42(40)45,41-16-6-8-18-43(41)45)25-23-32-19-21-33(22-20-32)47-29-9-10-30-47/h1-8,11-22H,9-10,27-30H2. The molecule has 6 aromatic rings. The van der Waals surface area contributed by atoms with E-state index in [2.05, 4.69) is 120 Å². The second-order valence-electron chi connectivity index (χ2n) is 13.1. The lowest BCUT2D eigenvalue weighted by Gasteiger charge is -2.51. The average molecular weight is 601 g/mol. The molecule has 1 aliphatic heterocycles. The SMILES string of the molecule is N#Cc1c2ccccc2c(C#CC23CCC(C#Cc4ccc(N5CCCC5)cc4)(c4ccccc42)c2ccccc23)c2ccccc12. The predicted molar refractivity (Wildman–Crippen MR) is 191 cm³/mol. The van der Waals surface area contributed by atoms with Crippen molar-refractivity contribution < 1.29 is 0 Å². The molecule has 10 rings (SSSR count). The fraction of sp³-hybridized carbons (Fsp3) is 0.178. The van der Waals surface area contributed by atoms with E-state index >= 15 is 0 Å². The van der Waals surface area contributed by atoms with E-state index in [-0.39, 0.29) is 0 Å². The number of nitrogens with zero attached hydrogens (tertiary/aromatic N) is 2. The molecular formula is C45H32N2. The molecule has 0 atom stereocenters. The second kappa shape index (κ2) is 10.7. The summed E-state index contributed by atoms with van der Waals surface area (Å²) < 4.78 is 0. The number of rotatable bonds is 1. The molecule has 2 heteroatoms. The molecule has 0 aromatic heterocycles.